The highest BCUT2D eigenvalue weighted by atomic mass is 35.5. The molecule has 0 aliphatic carbocycles. The third-order valence-electron chi connectivity index (χ3n) is 3.66. The standard InChI is InChI=1S/C13H19ClN2/c1-15-10-13(8-5-9-16(13)2)11-6-3-4-7-12(11)14/h3-4,6-7,15H,5,8-10H2,1-2H3. The Balaban J connectivity index is 2.43. The number of halogens is 1. The van der Waals surface area contributed by atoms with E-state index in [1.807, 2.05) is 19.2 Å². The second kappa shape index (κ2) is 4.74. The van der Waals surface area contributed by atoms with Crippen molar-refractivity contribution in [2.24, 2.45) is 0 Å². The minimum Gasteiger partial charge on any atom is -0.318 e. The smallest absolute Gasteiger partial charge is 0.0598 e. The molecular formula is C13H19ClN2. The molecule has 0 aromatic heterocycles. The summed E-state index contributed by atoms with van der Waals surface area (Å²) < 4.78 is 0. The van der Waals surface area contributed by atoms with Crippen molar-refractivity contribution in [3.05, 3.63) is 34.9 Å². The molecule has 3 heteroatoms. The van der Waals surface area contributed by atoms with Gasteiger partial charge in [-0.2, -0.15) is 0 Å². The van der Waals surface area contributed by atoms with Gasteiger partial charge in [-0.25, -0.2) is 0 Å². The summed E-state index contributed by atoms with van der Waals surface area (Å²) in [7, 11) is 4.19. The van der Waals surface area contributed by atoms with Gasteiger partial charge in [0, 0.05) is 11.6 Å². The summed E-state index contributed by atoms with van der Waals surface area (Å²) in [5.74, 6) is 0. The number of hydrogen-bond donors (Lipinski definition) is 1. The summed E-state index contributed by atoms with van der Waals surface area (Å²) in [5.41, 5.74) is 1.33. The molecule has 1 unspecified atom stereocenters. The summed E-state index contributed by atoms with van der Waals surface area (Å²) in [6.45, 7) is 2.10. The summed E-state index contributed by atoms with van der Waals surface area (Å²) in [6.07, 6.45) is 2.41. The fraction of sp³-hybridized carbons (Fsp3) is 0.538. The number of likely N-dealkylation sites (N-methyl/N-ethyl adjacent to an activating group) is 2. The fourth-order valence-electron chi connectivity index (χ4n) is 2.80. The lowest BCUT2D eigenvalue weighted by atomic mass is 9.87. The molecule has 1 saturated heterocycles. The average Bonchev–Trinajstić information content (AvgIpc) is 2.62. The van der Waals surface area contributed by atoms with Crippen LogP contribution in [0.3, 0.4) is 0 Å². The molecule has 0 radical (unpaired) electrons. The molecule has 0 amide bonds. The molecule has 0 spiro atoms. The van der Waals surface area contributed by atoms with Crippen LogP contribution < -0.4 is 5.32 Å². The second-order valence-corrected chi connectivity index (χ2v) is 4.97. The van der Waals surface area contributed by atoms with Crippen molar-refractivity contribution in [2.75, 3.05) is 27.2 Å². The summed E-state index contributed by atoms with van der Waals surface area (Å²) >= 11 is 6.34. The van der Waals surface area contributed by atoms with E-state index in [-0.39, 0.29) is 5.54 Å². The van der Waals surface area contributed by atoms with Crippen LogP contribution in [0.2, 0.25) is 5.02 Å². The zero-order valence-corrected chi connectivity index (χ0v) is 10.7. The van der Waals surface area contributed by atoms with E-state index in [4.69, 9.17) is 11.6 Å². The van der Waals surface area contributed by atoms with E-state index in [2.05, 4.69) is 29.4 Å². The third-order valence-corrected chi connectivity index (χ3v) is 3.99. The molecule has 1 aromatic rings. The highest BCUT2D eigenvalue weighted by Crippen LogP contribution is 2.40. The quantitative estimate of drug-likeness (QED) is 0.871. The molecule has 1 heterocycles. The molecule has 1 aliphatic rings. The number of likely N-dealkylation sites (tertiary alicyclic amines) is 1. The number of hydrogen-bond acceptors (Lipinski definition) is 2. The lowest BCUT2D eigenvalue weighted by Gasteiger charge is -2.37. The van der Waals surface area contributed by atoms with Gasteiger partial charge in [-0.3, -0.25) is 4.90 Å². The van der Waals surface area contributed by atoms with E-state index in [9.17, 15) is 0 Å². The molecule has 1 aliphatic heterocycles. The predicted octanol–water partition coefficient (Wildman–Crippen LogP) is 2.48. The highest BCUT2D eigenvalue weighted by Gasteiger charge is 2.40. The van der Waals surface area contributed by atoms with Gasteiger partial charge in [0.25, 0.3) is 0 Å². The maximum atomic E-state index is 6.34. The largest absolute Gasteiger partial charge is 0.318 e. The van der Waals surface area contributed by atoms with Gasteiger partial charge in [-0.15, -0.1) is 0 Å². The lowest BCUT2D eigenvalue weighted by Crippen LogP contribution is -2.46. The van der Waals surface area contributed by atoms with Gasteiger partial charge in [-0.1, -0.05) is 29.8 Å². The summed E-state index contributed by atoms with van der Waals surface area (Å²) in [4.78, 5) is 2.42. The molecule has 0 bridgehead atoms. The summed E-state index contributed by atoms with van der Waals surface area (Å²) in [6, 6.07) is 8.21. The van der Waals surface area contributed by atoms with Gasteiger partial charge in [0.15, 0.2) is 0 Å². The first-order valence-corrected chi connectivity index (χ1v) is 6.19. The van der Waals surface area contributed by atoms with E-state index in [0.29, 0.717) is 0 Å². The maximum absolute atomic E-state index is 6.34. The Morgan fingerprint density at radius 1 is 1.44 bits per heavy atom. The SMILES string of the molecule is CNCC1(c2ccccc2Cl)CCCN1C. The zero-order valence-electron chi connectivity index (χ0n) is 9.96. The summed E-state index contributed by atoms with van der Waals surface area (Å²) in [5, 5.41) is 4.19. The van der Waals surface area contributed by atoms with Gasteiger partial charge < -0.3 is 5.32 Å². The number of benzene rings is 1. The van der Waals surface area contributed by atoms with Crippen molar-refractivity contribution >= 4 is 11.6 Å². The van der Waals surface area contributed by atoms with E-state index < -0.39 is 0 Å². The Labute approximate surface area is 103 Å². The average molecular weight is 239 g/mol. The van der Waals surface area contributed by atoms with Gasteiger partial charge in [0.05, 0.1) is 5.54 Å². The van der Waals surface area contributed by atoms with Gasteiger partial charge in [-0.05, 0) is 45.1 Å². The van der Waals surface area contributed by atoms with Crippen LogP contribution in [0, 0.1) is 0 Å². The monoisotopic (exact) mass is 238 g/mol. The van der Waals surface area contributed by atoms with Crippen LogP contribution in [0.5, 0.6) is 0 Å². The normalized spacial score (nSPS) is 26.2. The van der Waals surface area contributed by atoms with Crippen molar-refractivity contribution in [1.29, 1.82) is 0 Å². The van der Waals surface area contributed by atoms with Crippen molar-refractivity contribution in [1.82, 2.24) is 10.2 Å². The Morgan fingerprint density at radius 3 is 2.75 bits per heavy atom. The first-order valence-electron chi connectivity index (χ1n) is 5.81. The number of rotatable bonds is 3. The lowest BCUT2D eigenvalue weighted by molar-refractivity contribution is 0.172. The van der Waals surface area contributed by atoms with Crippen LogP contribution in [0.15, 0.2) is 24.3 Å². The Hall–Kier alpha value is -0.570. The molecule has 1 aromatic carbocycles. The van der Waals surface area contributed by atoms with Crippen LogP contribution in [-0.4, -0.2) is 32.1 Å². The molecule has 16 heavy (non-hydrogen) atoms. The van der Waals surface area contributed by atoms with Crippen LogP contribution in [0.1, 0.15) is 18.4 Å². The van der Waals surface area contributed by atoms with Gasteiger partial charge >= 0.3 is 0 Å². The fourth-order valence-corrected chi connectivity index (χ4v) is 3.12. The highest BCUT2D eigenvalue weighted by molar-refractivity contribution is 6.31. The Bertz CT molecular complexity index is 367. The molecular weight excluding hydrogens is 220 g/mol. The van der Waals surface area contributed by atoms with Crippen LogP contribution in [0.25, 0.3) is 0 Å². The topological polar surface area (TPSA) is 15.3 Å². The van der Waals surface area contributed by atoms with Crippen molar-refractivity contribution in [2.45, 2.75) is 18.4 Å². The molecule has 1 N–H and O–H groups in total. The molecule has 0 saturated carbocycles. The number of nitrogens with one attached hydrogen (secondary N) is 1. The Morgan fingerprint density at radius 2 is 2.19 bits per heavy atom. The Kier molecular flexibility index (Phi) is 3.53. The molecule has 1 fully saturated rings. The number of nitrogens with zero attached hydrogens (tertiary/aromatic N) is 1. The minimum atomic E-state index is 0.0765. The first-order chi connectivity index (χ1) is 7.70. The van der Waals surface area contributed by atoms with Crippen molar-refractivity contribution in [3.8, 4) is 0 Å². The zero-order chi connectivity index (χ0) is 11.6. The molecule has 1 atom stereocenters. The van der Waals surface area contributed by atoms with Crippen LogP contribution in [-0.2, 0) is 5.54 Å². The van der Waals surface area contributed by atoms with E-state index in [1.165, 1.54) is 18.4 Å². The van der Waals surface area contributed by atoms with Crippen LogP contribution >= 0.6 is 11.6 Å². The van der Waals surface area contributed by atoms with E-state index >= 15 is 0 Å². The molecule has 2 rings (SSSR count). The maximum Gasteiger partial charge on any atom is 0.0598 e. The van der Waals surface area contributed by atoms with E-state index in [1.54, 1.807) is 0 Å². The minimum absolute atomic E-state index is 0.0765. The molecule has 88 valence electrons. The van der Waals surface area contributed by atoms with E-state index in [0.717, 1.165) is 18.1 Å². The van der Waals surface area contributed by atoms with Gasteiger partial charge in [0.2, 0.25) is 0 Å². The predicted molar refractivity (Wildman–Crippen MR) is 68.9 cm³/mol. The van der Waals surface area contributed by atoms with Crippen molar-refractivity contribution in [3.63, 3.8) is 0 Å². The van der Waals surface area contributed by atoms with Gasteiger partial charge in [0.1, 0.15) is 0 Å². The molecule has 2 nitrogen and oxygen atoms in total. The third kappa shape index (κ3) is 1.86. The van der Waals surface area contributed by atoms with Crippen molar-refractivity contribution < 1.29 is 0 Å². The first kappa shape index (κ1) is 11.9. The second-order valence-electron chi connectivity index (χ2n) is 4.57. The van der Waals surface area contributed by atoms with Crippen LogP contribution in [0.4, 0.5) is 0 Å².